The smallest absolute Gasteiger partial charge is 0.247 e. The van der Waals surface area contributed by atoms with Crippen molar-refractivity contribution in [3.8, 4) is 0 Å². The van der Waals surface area contributed by atoms with Crippen LogP contribution in [0.4, 0.5) is 0 Å². The largest absolute Gasteiger partial charge is 0.361 e. The SMILES string of the molecule is O=C(NC1CCCCC1)[C@H](c1ccccc1)N(Cc1cccnc1)C(=O)Cc1c[nH]c2ccccc12. The molecule has 2 aromatic carbocycles. The van der Waals surface area contributed by atoms with E-state index in [1.165, 1.54) is 6.42 Å². The molecule has 2 aromatic heterocycles. The van der Waals surface area contributed by atoms with Crippen LogP contribution in [0.1, 0.15) is 54.8 Å². The monoisotopic (exact) mass is 480 g/mol. The summed E-state index contributed by atoms with van der Waals surface area (Å²) in [6.07, 6.45) is 11.0. The zero-order chi connectivity index (χ0) is 24.7. The Morgan fingerprint density at radius 2 is 1.75 bits per heavy atom. The Kier molecular flexibility index (Phi) is 7.41. The molecule has 1 atom stereocenters. The summed E-state index contributed by atoms with van der Waals surface area (Å²) < 4.78 is 0. The van der Waals surface area contributed by atoms with E-state index in [2.05, 4.69) is 15.3 Å². The van der Waals surface area contributed by atoms with Gasteiger partial charge in [-0.05, 0) is 41.7 Å². The van der Waals surface area contributed by atoms with E-state index in [1.54, 1.807) is 17.3 Å². The van der Waals surface area contributed by atoms with E-state index in [0.717, 1.165) is 53.3 Å². The number of fused-ring (bicyclic) bond motifs is 1. The summed E-state index contributed by atoms with van der Waals surface area (Å²) in [6.45, 7) is 0.298. The van der Waals surface area contributed by atoms with Gasteiger partial charge in [0.25, 0.3) is 0 Å². The van der Waals surface area contributed by atoms with E-state index in [-0.39, 0.29) is 24.3 Å². The lowest BCUT2D eigenvalue weighted by Crippen LogP contribution is -2.47. The Morgan fingerprint density at radius 3 is 2.53 bits per heavy atom. The summed E-state index contributed by atoms with van der Waals surface area (Å²) in [5.74, 6) is -0.222. The van der Waals surface area contributed by atoms with Gasteiger partial charge < -0.3 is 15.2 Å². The molecule has 5 rings (SSSR count). The number of hydrogen-bond acceptors (Lipinski definition) is 3. The number of carbonyl (C=O) groups excluding carboxylic acids is 2. The third-order valence-corrected chi connectivity index (χ3v) is 7.04. The molecule has 0 radical (unpaired) electrons. The molecule has 2 heterocycles. The van der Waals surface area contributed by atoms with Gasteiger partial charge >= 0.3 is 0 Å². The maximum absolute atomic E-state index is 14.0. The molecule has 0 spiro atoms. The number of rotatable bonds is 8. The number of para-hydroxylation sites is 1. The van der Waals surface area contributed by atoms with Gasteiger partial charge in [0.15, 0.2) is 0 Å². The molecule has 1 saturated carbocycles. The highest BCUT2D eigenvalue weighted by atomic mass is 16.2. The maximum Gasteiger partial charge on any atom is 0.247 e. The lowest BCUT2D eigenvalue weighted by molar-refractivity contribution is -0.141. The standard InChI is InChI=1S/C30H32N4O2/c35-28(18-24-20-32-27-16-8-7-15-26(24)27)34(21-22-10-9-17-31-19-22)29(23-11-3-1-4-12-23)30(36)33-25-13-5-2-6-14-25/h1,3-4,7-12,15-17,19-20,25,29,32H,2,5-6,13-14,18,21H2,(H,33,36)/t29-/m0/s1. The second-order valence-electron chi connectivity index (χ2n) is 9.58. The normalized spacial score (nSPS) is 14.9. The first-order valence-corrected chi connectivity index (χ1v) is 12.8. The second-order valence-corrected chi connectivity index (χ2v) is 9.58. The Hall–Kier alpha value is -3.93. The molecule has 0 bridgehead atoms. The lowest BCUT2D eigenvalue weighted by atomic mass is 9.94. The van der Waals surface area contributed by atoms with Gasteiger partial charge in [0.05, 0.1) is 6.42 Å². The Balaban J connectivity index is 1.49. The fourth-order valence-corrected chi connectivity index (χ4v) is 5.19. The van der Waals surface area contributed by atoms with Gasteiger partial charge in [-0.15, -0.1) is 0 Å². The summed E-state index contributed by atoms with van der Waals surface area (Å²) >= 11 is 0. The number of aromatic nitrogens is 2. The molecular weight excluding hydrogens is 448 g/mol. The third-order valence-electron chi connectivity index (χ3n) is 7.04. The van der Waals surface area contributed by atoms with Crippen LogP contribution in [0.3, 0.4) is 0 Å². The van der Waals surface area contributed by atoms with Gasteiger partial charge in [0.1, 0.15) is 6.04 Å². The van der Waals surface area contributed by atoms with Crippen molar-refractivity contribution >= 4 is 22.7 Å². The van der Waals surface area contributed by atoms with Crippen molar-refractivity contribution in [2.75, 3.05) is 0 Å². The van der Waals surface area contributed by atoms with E-state index < -0.39 is 6.04 Å². The molecule has 184 valence electrons. The first kappa shape index (κ1) is 23.8. The Bertz CT molecular complexity index is 1300. The average Bonchev–Trinajstić information content (AvgIpc) is 3.33. The molecule has 6 heteroatoms. The van der Waals surface area contributed by atoms with Crippen LogP contribution in [0.5, 0.6) is 0 Å². The van der Waals surface area contributed by atoms with Gasteiger partial charge in [-0.3, -0.25) is 14.6 Å². The molecule has 2 amide bonds. The number of nitrogens with one attached hydrogen (secondary N) is 2. The number of benzene rings is 2. The number of aromatic amines is 1. The quantitative estimate of drug-likeness (QED) is 0.358. The van der Waals surface area contributed by atoms with Gasteiger partial charge in [-0.1, -0.05) is 73.9 Å². The number of carbonyl (C=O) groups is 2. The Labute approximate surface area is 211 Å². The first-order valence-electron chi connectivity index (χ1n) is 12.8. The van der Waals surface area contributed by atoms with Crippen LogP contribution in [0.15, 0.2) is 85.3 Å². The lowest BCUT2D eigenvalue weighted by Gasteiger charge is -2.33. The number of pyridine rings is 1. The van der Waals surface area contributed by atoms with Gasteiger partial charge in [-0.2, -0.15) is 0 Å². The predicted octanol–water partition coefficient (Wildman–Crippen LogP) is 5.32. The number of amides is 2. The van der Waals surface area contributed by atoms with Crippen molar-refractivity contribution in [1.82, 2.24) is 20.2 Å². The first-order chi connectivity index (χ1) is 17.7. The summed E-state index contributed by atoms with van der Waals surface area (Å²) in [5, 5.41) is 4.30. The summed E-state index contributed by atoms with van der Waals surface area (Å²) in [7, 11) is 0. The summed E-state index contributed by atoms with van der Waals surface area (Å²) in [5.41, 5.74) is 3.61. The van der Waals surface area contributed by atoms with E-state index in [0.29, 0.717) is 6.54 Å². The van der Waals surface area contributed by atoms with E-state index in [9.17, 15) is 9.59 Å². The summed E-state index contributed by atoms with van der Waals surface area (Å²) in [6, 6.07) is 20.8. The van der Waals surface area contributed by atoms with Crippen molar-refractivity contribution in [1.29, 1.82) is 0 Å². The molecule has 1 fully saturated rings. The zero-order valence-corrected chi connectivity index (χ0v) is 20.4. The van der Waals surface area contributed by atoms with Crippen LogP contribution in [0.25, 0.3) is 10.9 Å². The zero-order valence-electron chi connectivity index (χ0n) is 20.4. The van der Waals surface area contributed by atoms with E-state index >= 15 is 0 Å². The molecule has 6 nitrogen and oxygen atoms in total. The molecule has 0 aliphatic heterocycles. The number of nitrogens with zero attached hydrogens (tertiary/aromatic N) is 2. The van der Waals surface area contributed by atoms with Gasteiger partial charge in [0, 0.05) is 42.1 Å². The third kappa shape index (κ3) is 5.48. The molecular formula is C30H32N4O2. The minimum absolute atomic E-state index is 0.101. The maximum atomic E-state index is 14.0. The molecule has 2 N–H and O–H groups in total. The van der Waals surface area contributed by atoms with Crippen LogP contribution < -0.4 is 5.32 Å². The van der Waals surface area contributed by atoms with Gasteiger partial charge in [0.2, 0.25) is 11.8 Å². The minimum Gasteiger partial charge on any atom is -0.361 e. The predicted molar refractivity (Wildman–Crippen MR) is 141 cm³/mol. The van der Waals surface area contributed by atoms with Gasteiger partial charge in [-0.25, -0.2) is 0 Å². The average molecular weight is 481 g/mol. The van der Waals surface area contributed by atoms with Crippen molar-refractivity contribution in [3.63, 3.8) is 0 Å². The van der Waals surface area contributed by atoms with Crippen molar-refractivity contribution in [2.24, 2.45) is 0 Å². The Morgan fingerprint density at radius 1 is 0.972 bits per heavy atom. The molecule has 1 aliphatic carbocycles. The fraction of sp³-hybridized carbons (Fsp3) is 0.300. The highest BCUT2D eigenvalue weighted by Gasteiger charge is 2.33. The van der Waals surface area contributed by atoms with E-state index in [4.69, 9.17) is 0 Å². The minimum atomic E-state index is -0.731. The summed E-state index contributed by atoms with van der Waals surface area (Å²) in [4.78, 5) is 37.0. The topological polar surface area (TPSA) is 78.1 Å². The fourth-order valence-electron chi connectivity index (χ4n) is 5.19. The van der Waals surface area contributed by atoms with Crippen molar-refractivity contribution < 1.29 is 9.59 Å². The molecule has 0 saturated heterocycles. The van der Waals surface area contributed by atoms with Crippen LogP contribution in [0.2, 0.25) is 0 Å². The highest BCUT2D eigenvalue weighted by molar-refractivity contribution is 5.92. The molecule has 4 aromatic rings. The van der Waals surface area contributed by atoms with Crippen LogP contribution >= 0.6 is 0 Å². The van der Waals surface area contributed by atoms with Crippen molar-refractivity contribution in [3.05, 3.63) is 102 Å². The van der Waals surface area contributed by atoms with Crippen molar-refractivity contribution in [2.45, 2.75) is 57.2 Å². The second kappa shape index (κ2) is 11.2. The number of H-pyrrole nitrogens is 1. The molecule has 0 unspecified atom stereocenters. The molecule has 1 aliphatic rings. The van der Waals surface area contributed by atoms with Crippen LogP contribution in [-0.2, 0) is 22.6 Å². The van der Waals surface area contributed by atoms with Crippen LogP contribution in [-0.4, -0.2) is 32.7 Å². The van der Waals surface area contributed by atoms with E-state index in [1.807, 2.05) is 72.9 Å². The van der Waals surface area contributed by atoms with Crippen LogP contribution in [0, 0.1) is 0 Å². The highest BCUT2D eigenvalue weighted by Crippen LogP contribution is 2.27. The molecule has 36 heavy (non-hydrogen) atoms. The number of hydrogen-bond donors (Lipinski definition) is 2.